The van der Waals surface area contributed by atoms with Crippen molar-refractivity contribution in [3.63, 3.8) is 0 Å². The molecule has 0 aliphatic heterocycles. The second-order valence-electron chi connectivity index (χ2n) is 5.67. The van der Waals surface area contributed by atoms with Crippen molar-refractivity contribution in [2.45, 2.75) is 36.6 Å². The van der Waals surface area contributed by atoms with Gasteiger partial charge < -0.3 is 0 Å². The summed E-state index contributed by atoms with van der Waals surface area (Å²) in [4.78, 5) is 0. The molecule has 0 amide bonds. The smallest absolute Gasteiger partial charge is 0.206 e. The topological polar surface area (TPSA) is 37.4 Å². The zero-order valence-electron chi connectivity index (χ0n) is 12.3. The highest BCUT2D eigenvalue weighted by Gasteiger charge is 2.38. The van der Waals surface area contributed by atoms with E-state index in [1.165, 1.54) is 11.3 Å². The van der Waals surface area contributed by atoms with E-state index >= 15 is 0 Å². The van der Waals surface area contributed by atoms with Gasteiger partial charge in [-0.05, 0) is 59.3 Å². The van der Waals surface area contributed by atoms with Gasteiger partial charge in [0, 0.05) is 12.6 Å². The maximum atomic E-state index is 13.0. The van der Waals surface area contributed by atoms with Crippen LogP contribution in [0, 0.1) is 5.92 Å². The highest BCUT2D eigenvalue weighted by Crippen LogP contribution is 2.39. The summed E-state index contributed by atoms with van der Waals surface area (Å²) < 4.78 is 29.0. The van der Waals surface area contributed by atoms with Crippen molar-refractivity contribution >= 4 is 37.3 Å². The fraction of sp³-hybridized carbons (Fsp3) is 0.375. The van der Waals surface area contributed by atoms with Crippen LogP contribution in [0.15, 0.2) is 50.5 Å². The zero-order chi connectivity index (χ0) is 15.7. The van der Waals surface area contributed by atoms with Crippen molar-refractivity contribution in [2.24, 2.45) is 5.92 Å². The van der Waals surface area contributed by atoms with E-state index in [9.17, 15) is 8.42 Å². The molecule has 3 nitrogen and oxygen atoms in total. The first kappa shape index (κ1) is 16.2. The van der Waals surface area contributed by atoms with Gasteiger partial charge in [0.1, 0.15) is 4.21 Å². The Morgan fingerprint density at radius 2 is 1.91 bits per heavy atom. The predicted octanol–water partition coefficient (Wildman–Crippen LogP) is 4.50. The van der Waals surface area contributed by atoms with Gasteiger partial charge in [0.2, 0.25) is 0 Å². The van der Waals surface area contributed by atoms with Crippen molar-refractivity contribution in [1.29, 1.82) is 0 Å². The lowest BCUT2D eigenvalue weighted by Crippen LogP contribution is -2.39. The summed E-state index contributed by atoms with van der Waals surface area (Å²) in [6.07, 6.45) is 2.24. The van der Waals surface area contributed by atoms with E-state index in [1.54, 1.807) is 16.4 Å². The Hall–Kier alpha value is -0.690. The van der Waals surface area contributed by atoms with Gasteiger partial charge in [-0.2, -0.15) is 4.31 Å². The first-order valence-corrected chi connectivity index (χ1v) is 10.3. The molecule has 1 fully saturated rings. The molecule has 0 saturated heterocycles. The molecule has 1 aliphatic rings. The Morgan fingerprint density at radius 3 is 2.45 bits per heavy atom. The summed E-state index contributed by atoms with van der Waals surface area (Å²) in [6, 6.07) is 13.3. The van der Waals surface area contributed by atoms with Gasteiger partial charge in [-0.3, -0.25) is 0 Å². The second-order valence-corrected chi connectivity index (χ2v) is 10.3. The average Bonchev–Trinajstić information content (AvgIpc) is 3.26. The standard InChI is InChI=1S/C16H18BrNO2S2/c1-12(14-7-8-14)18(11-13-5-3-2-4-6-13)22(19,20)16-10-9-15(17)21-16/h2-6,9-10,12,14H,7-8,11H2,1H3. The van der Waals surface area contributed by atoms with Crippen molar-refractivity contribution in [1.82, 2.24) is 4.31 Å². The lowest BCUT2D eigenvalue weighted by Gasteiger charge is -2.28. The number of halogens is 1. The number of rotatable bonds is 6. The molecule has 1 atom stereocenters. The van der Waals surface area contributed by atoms with Gasteiger partial charge in [0.05, 0.1) is 3.79 Å². The molecule has 0 spiro atoms. The Morgan fingerprint density at radius 1 is 1.23 bits per heavy atom. The molecule has 118 valence electrons. The summed E-state index contributed by atoms with van der Waals surface area (Å²) in [5, 5.41) is 0. The molecular weight excluding hydrogens is 382 g/mol. The fourth-order valence-corrected chi connectivity index (χ4v) is 6.40. The molecule has 1 aliphatic carbocycles. The van der Waals surface area contributed by atoms with Gasteiger partial charge in [0.15, 0.2) is 0 Å². The largest absolute Gasteiger partial charge is 0.253 e. The quantitative estimate of drug-likeness (QED) is 0.716. The van der Waals surface area contributed by atoms with E-state index in [1.807, 2.05) is 37.3 Å². The maximum absolute atomic E-state index is 13.0. The molecule has 1 heterocycles. The molecule has 3 rings (SSSR count). The molecule has 0 radical (unpaired) electrons. The highest BCUT2D eigenvalue weighted by molar-refractivity contribution is 9.11. The average molecular weight is 400 g/mol. The minimum atomic E-state index is -3.46. The van der Waals surface area contributed by atoms with Crippen molar-refractivity contribution in [3.8, 4) is 0 Å². The third-order valence-corrected chi connectivity index (χ3v) is 8.08. The third-order valence-electron chi connectivity index (χ3n) is 4.05. The van der Waals surface area contributed by atoms with Crippen LogP contribution in [0.1, 0.15) is 25.3 Å². The first-order chi connectivity index (χ1) is 10.5. The van der Waals surface area contributed by atoms with Gasteiger partial charge in [0.25, 0.3) is 10.0 Å². The lowest BCUT2D eigenvalue weighted by atomic mass is 10.2. The van der Waals surface area contributed by atoms with E-state index in [0.717, 1.165) is 22.2 Å². The van der Waals surface area contributed by atoms with Crippen LogP contribution in [0.25, 0.3) is 0 Å². The molecule has 2 aromatic rings. The van der Waals surface area contributed by atoms with Crippen LogP contribution in [0.3, 0.4) is 0 Å². The molecule has 1 unspecified atom stereocenters. The van der Waals surface area contributed by atoms with Crippen LogP contribution in [-0.2, 0) is 16.6 Å². The zero-order valence-corrected chi connectivity index (χ0v) is 15.5. The monoisotopic (exact) mass is 399 g/mol. The molecule has 6 heteroatoms. The van der Waals surface area contributed by atoms with E-state index in [4.69, 9.17) is 0 Å². The molecule has 1 aromatic heterocycles. The van der Waals surface area contributed by atoms with Crippen LogP contribution in [0.5, 0.6) is 0 Å². The molecule has 22 heavy (non-hydrogen) atoms. The lowest BCUT2D eigenvalue weighted by molar-refractivity contribution is 0.304. The SMILES string of the molecule is CC(C1CC1)N(Cc1ccccc1)S(=O)(=O)c1ccc(Br)s1. The van der Waals surface area contributed by atoms with Crippen LogP contribution in [-0.4, -0.2) is 18.8 Å². The van der Waals surface area contributed by atoms with E-state index < -0.39 is 10.0 Å². The van der Waals surface area contributed by atoms with Gasteiger partial charge in [-0.1, -0.05) is 30.3 Å². The third kappa shape index (κ3) is 3.45. The molecular formula is C16H18BrNO2S2. The van der Waals surface area contributed by atoms with Crippen LogP contribution in [0.2, 0.25) is 0 Å². The van der Waals surface area contributed by atoms with Crippen molar-refractivity contribution < 1.29 is 8.42 Å². The minimum absolute atomic E-state index is 0.0334. The van der Waals surface area contributed by atoms with Crippen LogP contribution >= 0.6 is 27.3 Å². The van der Waals surface area contributed by atoms with E-state index in [-0.39, 0.29) is 6.04 Å². The normalized spacial score (nSPS) is 16.9. The van der Waals surface area contributed by atoms with E-state index in [2.05, 4.69) is 15.9 Å². The van der Waals surface area contributed by atoms with Gasteiger partial charge >= 0.3 is 0 Å². The summed E-state index contributed by atoms with van der Waals surface area (Å²) in [6.45, 7) is 2.46. The van der Waals surface area contributed by atoms with Crippen molar-refractivity contribution in [3.05, 3.63) is 51.8 Å². The van der Waals surface area contributed by atoms with Gasteiger partial charge in [-0.25, -0.2) is 8.42 Å². The Labute approximate surface area is 144 Å². The number of hydrogen-bond donors (Lipinski definition) is 0. The number of benzene rings is 1. The first-order valence-electron chi connectivity index (χ1n) is 7.29. The molecule has 0 N–H and O–H groups in total. The minimum Gasteiger partial charge on any atom is -0.206 e. The molecule has 1 saturated carbocycles. The van der Waals surface area contributed by atoms with Crippen LogP contribution in [0.4, 0.5) is 0 Å². The number of hydrogen-bond acceptors (Lipinski definition) is 3. The summed E-state index contributed by atoms with van der Waals surface area (Å²) >= 11 is 4.62. The summed E-state index contributed by atoms with van der Waals surface area (Å²) in [7, 11) is -3.46. The fourth-order valence-electron chi connectivity index (χ4n) is 2.58. The highest BCUT2D eigenvalue weighted by atomic mass is 79.9. The summed E-state index contributed by atoms with van der Waals surface area (Å²) in [5.41, 5.74) is 1.02. The summed E-state index contributed by atoms with van der Waals surface area (Å²) in [5.74, 6) is 0.488. The van der Waals surface area contributed by atoms with Crippen molar-refractivity contribution in [2.75, 3.05) is 0 Å². The Kier molecular flexibility index (Phi) is 4.73. The number of thiophene rings is 1. The Bertz CT molecular complexity index is 739. The molecule has 1 aromatic carbocycles. The second kappa shape index (κ2) is 6.43. The predicted molar refractivity (Wildman–Crippen MR) is 93.4 cm³/mol. The number of sulfonamides is 1. The van der Waals surface area contributed by atoms with E-state index in [0.29, 0.717) is 16.7 Å². The number of nitrogens with zero attached hydrogens (tertiary/aromatic N) is 1. The van der Waals surface area contributed by atoms with Crippen LogP contribution < -0.4 is 0 Å². The Balaban J connectivity index is 1.94. The van der Waals surface area contributed by atoms with Gasteiger partial charge in [-0.15, -0.1) is 11.3 Å². The maximum Gasteiger partial charge on any atom is 0.253 e. The molecule has 0 bridgehead atoms.